The Morgan fingerprint density at radius 1 is 1.00 bits per heavy atom. The Hall–Kier alpha value is -3.93. The maximum absolute atomic E-state index is 13.4. The van der Waals surface area contributed by atoms with Gasteiger partial charge in [0, 0.05) is 25.6 Å². The van der Waals surface area contributed by atoms with E-state index in [1.807, 2.05) is 72.8 Å². The first-order chi connectivity index (χ1) is 15.6. The molecular weight excluding hydrogens is 400 g/mol. The average molecular weight is 425 g/mol. The molecule has 0 aliphatic carbocycles. The fourth-order valence-electron chi connectivity index (χ4n) is 4.30. The topological polar surface area (TPSA) is 67.2 Å². The number of fused-ring (bicyclic) bond motifs is 2. The molecular formula is C26H24N4O2. The van der Waals surface area contributed by atoms with Crippen molar-refractivity contribution in [3.05, 3.63) is 106 Å². The Morgan fingerprint density at radius 2 is 1.75 bits per heavy atom. The molecule has 1 aromatic heterocycles. The first-order valence-corrected chi connectivity index (χ1v) is 10.8. The van der Waals surface area contributed by atoms with Crippen molar-refractivity contribution < 1.29 is 4.79 Å². The van der Waals surface area contributed by atoms with Gasteiger partial charge in [0.15, 0.2) is 0 Å². The number of hydrogen-bond acceptors (Lipinski definition) is 4. The van der Waals surface area contributed by atoms with E-state index in [2.05, 4.69) is 5.32 Å². The van der Waals surface area contributed by atoms with Crippen LogP contribution in [0.15, 0.2) is 77.6 Å². The van der Waals surface area contributed by atoms with Gasteiger partial charge in [-0.05, 0) is 28.5 Å². The summed E-state index contributed by atoms with van der Waals surface area (Å²) in [6, 6.07) is 23.6. The molecule has 1 aliphatic rings. The number of aromatic nitrogens is 2. The number of nitrogens with zero attached hydrogens (tertiary/aromatic N) is 3. The molecule has 0 saturated heterocycles. The zero-order valence-electron chi connectivity index (χ0n) is 17.9. The lowest BCUT2D eigenvalue weighted by molar-refractivity contribution is 0.0732. The quantitative estimate of drug-likeness (QED) is 0.543. The van der Waals surface area contributed by atoms with Gasteiger partial charge in [0.1, 0.15) is 0 Å². The molecule has 6 heteroatoms. The Balaban J connectivity index is 1.47. The van der Waals surface area contributed by atoms with E-state index < -0.39 is 0 Å². The molecule has 4 aromatic rings. The largest absolute Gasteiger partial charge is 0.359 e. The summed E-state index contributed by atoms with van der Waals surface area (Å²) < 4.78 is 1.65. The Morgan fingerprint density at radius 3 is 2.53 bits per heavy atom. The van der Waals surface area contributed by atoms with Crippen LogP contribution in [-0.2, 0) is 19.5 Å². The van der Waals surface area contributed by atoms with E-state index in [-0.39, 0.29) is 18.0 Å². The van der Waals surface area contributed by atoms with E-state index in [1.54, 1.807) is 16.5 Å². The average Bonchev–Trinajstić information content (AvgIpc) is 2.85. The zero-order chi connectivity index (χ0) is 22.1. The van der Waals surface area contributed by atoms with Gasteiger partial charge in [-0.25, -0.2) is 4.98 Å². The third-order valence-corrected chi connectivity index (χ3v) is 6.01. The van der Waals surface area contributed by atoms with Gasteiger partial charge in [-0.1, -0.05) is 60.7 Å². The summed E-state index contributed by atoms with van der Waals surface area (Å²) in [5.41, 5.74) is 2.93. The third kappa shape index (κ3) is 3.64. The van der Waals surface area contributed by atoms with Crippen LogP contribution in [0.3, 0.4) is 0 Å². The summed E-state index contributed by atoms with van der Waals surface area (Å²) >= 11 is 0. The van der Waals surface area contributed by atoms with Crippen molar-refractivity contribution >= 4 is 22.6 Å². The highest BCUT2D eigenvalue weighted by Crippen LogP contribution is 2.21. The SMILES string of the molecule is CNc1nc2c(c(=O)n1Cc1ccccc1)CN(C(=O)c1ccc3ccccc3c1)CC2. The first kappa shape index (κ1) is 20.0. The lowest BCUT2D eigenvalue weighted by Gasteiger charge is -2.29. The van der Waals surface area contributed by atoms with E-state index in [4.69, 9.17) is 4.98 Å². The minimum absolute atomic E-state index is 0.0619. The van der Waals surface area contributed by atoms with E-state index >= 15 is 0 Å². The van der Waals surface area contributed by atoms with E-state index in [0.29, 0.717) is 36.6 Å². The smallest absolute Gasteiger partial charge is 0.260 e. The molecule has 5 rings (SSSR count). The molecule has 0 fully saturated rings. The van der Waals surface area contributed by atoms with Crippen LogP contribution in [0.2, 0.25) is 0 Å². The van der Waals surface area contributed by atoms with Crippen molar-refractivity contribution in [3.8, 4) is 0 Å². The van der Waals surface area contributed by atoms with E-state index in [0.717, 1.165) is 22.0 Å². The second kappa shape index (κ2) is 8.30. The van der Waals surface area contributed by atoms with Gasteiger partial charge in [0.25, 0.3) is 11.5 Å². The number of anilines is 1. The van der Waals surface area contributed by atoms with Crippen molar-refractivity contribution in [1.29, 1.82) is 0 Å². The van der Waals surface area contributed by atoms with Gasteiger partial charge in [-0.2, -0.15) is 0 Å². The minimum atomic E-state index is -0.0979. The number of amides is 1. The summed E-state index contributed by atoms with van der Waals surface area (Å²) in [5.74, 6) is 0.486. The molecule has 0 spiro atoms. The molecule has 1 amide bonds. The molecule has 160 valence electrons. The third-order valence-electron chi connectivity index (χ3n) is 6.01. The fraction of sp³-hybridized carbons (Fsp3) is 0.192. The molecule has 0 unspecified atom stereocenters. The highest BCUT2D eigenvalue weighted by atomic mass is 16.2. The predicted molar refractivity (Wildman–Crippen MR) is 126 cm³/mol. The second-order valence-corrected chi connectivity index (χ2v) is 8.03. The van der Waals surface area contributed by atoms with Crippen LogP contribution in [0.5, 0.6) is 0 Å². The zero-order valence-corrected chi connectivity index (χ0v) is 17.9. The molecule has 0 radical (unpaired) electrons. The number of rotatable bonds is 4. The van der Waals surface area contributed by atoms with Crippen molar-refractivity contribution in [2.45, 2.75) is 19.5 Å². The Kier molecular flexibility index (Phi) is 5.19. The van der Waals surface area contributed by atoms with Gasteiger partial charge in [-0.3, -0.25) is 14.2 Å². The lowest BCUT2D eigenvalue weighted by Crippen LogP contribution is -2.41. The predicted octanol–water partition coefficient (Wildman–Crippen LogP) is 3.69. The van der Waals surface area contributed by atoms with Crippen LogP contribution >= 0.6 is 0 Å². The van der Waals surface area contributed by atoms with Crippen molar-refractivity contribution in [1.82, 2.24) is 14.5 Å². The Bertz CT molecular complexity index is 1360. The van der Waals surface area contributed by atoms with Crippen LogP contribution in [0.1, 0.15) is 27.2 Å². The van der Waals surface area contributed by atoms with Gasteiger partial charge in [-0.15, -0.1) is 0 Å². The molecule has 1 N–H and O–H groups in total. The van der Waals surface area contributed by atoms with Crippen molar-refractivity contribution in [2.75, 3.05) is 18.9 Å². The van der Waals surface area contributed by atoms with Crippen LogP contribution in [0.25, 0.3) is 10.8 Å². The summed E-state index contributed by atoms with van der Waals surface area (Å²) in [4.78, 5) is 33.1. The molecule has 0 atom stereocenters. The number of hydrogen-bond donors (Lipinski definition) is 1. The van der Waals surface area contributed by atoms with E-state index in [1.165, 1.54) is 0 Å². The van der Waals surface area contributed by atoms with Crippen molar-refractivity contribution in [3.63, 3.8) is 0 Å². The van der Waals surface area contributed by atoms with E-state index in [9.17, 15) is 9.59 Å². The molecule has 32 heavy (non-hydrogen) atoms. The van der Waals surface area contributed by atoms with Gasteiger partial charge >= 0.3 is 0 Å². The molecule has 0 saturated carbocycles. The number of benzene rings is 3. The normalized spacial score (nSPS) is 13.1. The molecule has 6 nitrogen and oxygen atoms in total. The van der Waals surface area contributed by atoms with Crippen LogP contribution < -0.4 is 10.9 Å². The van der Waals surface area contributed by atoms with Crippen LogP contribution in [0.4, 0.5) is 5.95 Å². The summed E-state index contributed by atoms with van der Waals surface area (Å²) in [6.45, 7) is 1.23. The fourth-order valence-corrected chi connectivity index (χ4v) is 4.30. The Labute approximate surface area is 186 Å². The van der Waals surface area contributed by atoms with Gasteiger partial charge < -0.3 is 10.2 Å². The number of carbonyl (C=O) groups excluding carboxylic acids is 1. The minimum Gasteiger partial charge on any atom is -0.359 e. The summed E-state index contributed by atoms with van der Waals surface area (Å²) in [7, 11) is 1.77. The van der Waals surface area contributed by atoms with Crippen LogP contribution in [0, 0.1) is 0 Å². The standard InChI is InChI=1S/C26H24N4O2/c1-27-26-28-23-13-14-29(24(31)21-12-11-19-9-5-6-10-20(19)15-21)17-22(23)25(32)30(26)16-18-7-3-2-4-8-18/h2-12,15H,13-14,16-17H2,1H3,(H,27,28). The molecule has 2 heterocycles. The summed E-state index contributed by atoms with van der Waals surface area (Å²) in [5, 5.41) is 5.18. The first-order valence-electron chi connectivity index (χ1n) is 10.8. The maximum Gasteiger partial charge on any atom is 0.260 e. The highest BCUT2D eigenvalue weighted by Gasteiger charge is 2.27. The monoisotopic (exact) mass is 424 g/mol. The van der Waals surface area contributed by atoms with Gasteiger partial charge in [0.2, 0.25) is 5.95 Å². The molecule has 3 aromatic carbocycles. The van der Waals surface area contributed by atoms with Crippen LogP contribution in [-0.4, -0.2) is 34.0 Å². The molecule has 0 bridgehead atoms. The number of carbonyl (C=O) groups is 1. The number of nitrogens with one attached hydrogen (secondary N) is 1. The van der Waals surface area contributed by atoms with Gasteiger partial charge in [0.05, 0.1) is 24.3 Å². The molecule has 1 aliphatic heterocycles. The second-order valence-electron chi connectivity index (χ2n) is 8.03. The summed E-state index contributed by atoms with van der Waals surface area (Å²) in [6.07, 6.45) is 0.560. The van der Waals surface area contributed by atoms with Crippen molar-refractivity contribution in [2.24, 2.45) is 0 Å². The lowest BCUT2D eigenvalue weighted by atomic mass is 10.0. The highest BCUT2D eigenvalue weighted by molar-refractivity contribution is 5.98. The maximum atomic E-state index is 13.4.